The van der Waals surface area contributed by atoms with Crippen LogP contribution in [0.15, 0.2) is 48.8 Å². The van der Waals surface area contributed by atoms with Gasteiger partial charge in [-0.3, -0.25) is 9.48 Å². The molecule has 5 heteroatoms. The highest BCUT2D eigenvalue weighted by Gasteiger charge is 2.38. The molecule has 1 amide bonds. The molecule has 2 atom stereocenters. The lowest BCUT2D eigenvalue weighted by atomic mass is 9.95. The lowest BCUT2D eigenvalue weighted by molar-refractivity contribution is 0.0479. The average molecular weight is 402 g/mol. The molecule has 1 fully saturated rings. The number of rotatable bonds is 4. The van der Waals surface area contributed by atoms with E-state index >= 15 is 0 Å². The normalized spacial score (nSPS) is 20.8. The number of aryl methyl sites for hydroxylation is 2. The van der Waals surface area contributed by atoms with Crippen molar-refractivity contribution < 1.29 is 9.90 Å². The first-order chi connectivity index (χ1) is 14.5. The minimum atomic E-state index is -0.387. The molecule has 0 saturated heterocycles. The Labute approximate surface area is 177 Å². The summed E-state index contributed by atoms with van der Waals surface area (Å²) in [5.41, 5.74) is 7.78. The van der Waals surface area contributed by atoms with E-state index in [2.05, 4.69) is 48.4 Å². The van der Waals surface area contributed by atoms with Gasteiger partial charge in [-0.25, -0.2) is 0 Å². The number of aliphatic hydroxyl groups is 1. The quantitative estimate of drug-likeness (QED) is 0.722. The van der Waals surface area contributed by atoms with Crippen molar-refractivity contribution in [2.75, 3.05) is 0 Å². The topological polar surface area (TPSA) is 58.4 Å². The number of hydrogen-bond acceptors (Lipinski definition) is 3. The zero-order valence-corrected chi connectivity index (χ0v) is 17.5. The van der Waals surface area contributed by atoms with Gasteiger partial charge >= 0.3 is 0 Å². The molecule has 1 N–H and O–H groups in total. The molecule has 1 aromatic heterocycles. The van der Waals surface area contributed by atoms with E-state index in [0.29, 0.717) is 6.54 Å². The molecule has 0 radical (unpaired) electrons. The maximum absolute atomic E-state index is 13.1. The number of aromatic nitrogens is 2. The summed E-state index contributed by atoms with van der Waals surface area (Å²) in [7, 11) is 1.92. The fourth-order valence-electron chi connectivity index (χ4n) is 4.90. The summed E-state index contributed by atoms with van der Waals surface area (Å²) in [5, 5.41) is 14.5. The summed E-state index contributed by atoms with van der Waals surface area (Å²) in [5.74, 6) is 0.0733. The van der Waals surface area contributed by atoms with Crippen molar-refractivity contribution in [3.8, 4) is 11.1 Å². The first kappa shape index (κ1) is 19.1. The van der Waals surface area contributed by atoms with Crippen molar-refractivity contribution in [2.24, 2.45) is 7.05 Å². The van der Waals surface area contributed by atoms with Crippen LogP contribution in [0.4, 0.5) is 0 Å². The van der Waals surface area contributed by atoms with E-state index in [1.54, 1.807) is 0 Å². The second-order valence-electron chi connectivity index (χ2n) is 8.71. The van der Waals surface area contributed by atoms with Gasteiger partial charge in [0, 0.05) is 30.9 Å². The Bertz CT molecular complexity index is 1100. The Morgan fingerprint density at radius 3 is 2.60 bits per heavy atom. The van der Waals surface area contributed by atoms with Crippen molar-refractivity contribution in [3.05, 3.63) is 76.6 Å². The third-order valence-corrected chi connectivity index (χ3v) is 6.62. The van der Waals surface area contributed by atoms with Crippen molar-refractivity contribution in [3.63, 3.8) is 0 Å². The minimum absolute atomic E-state index is 0.0336. The molecule has 154 valence electrons. The van der Waals surface area contributed by atoms with Crippen LogP contribution in [0, 0.1) is 6.92 Å². The van der Waals surface area contributed by atoms with Crippen molar-refractivity contribution in [2.45, 2.75) is 51.3 Å². The van der Waals surface area contributed by atoms with Crippen LogP contribution < -0.4 is 0 Å². The number of fused-ring (bicyclic) bond motifs is 1. The van der Waals surface area contributed by atoms with Gasteiger partial charge in [-0.2, -0.15) is 5.10 Å². The molecule has 3 aromatic rings. The van der Waals surface area contributed by atoms with E-state index in [-0.39, 0.29) is 18.1 Å². The highest BCUT2D eigenvalue weighted by Crippen LogP contribution is 2.33. The smallest absolute Gasteiger partial charge is 0.254 e. The number of amides is 1. The van der Waals surface area contributed by atoms with Crippen LogP contribution >= 0.6 is 0 Å². The molecule has 2 aliphatic rings. The Balaban J connectivity index is 1.37. The van der Waals surface area contributed by atoms with Gasteiger partial charge in [0.05, 0.1) is 18.3 Å². The lowest BCUT2D eigenvalue weighted by Crippen LogP contribution is -2.40. The molecule has 2 aromatic carbocycles. The fourth-order valence-corrected chi connectivity index (χ4v) is 4.90. The Hall–Kier alpha value is -2.92. The molecule has 5 nitrogen and oxygen atoms in total. The van der Waals surface area contributed by atoms with E-state index in [9.17, 15) is 9.90 Å². The molecule has 1 aliphatic heterocycles. The molecular weight excluding hydrogens is 374 g/mol. The molecule has 0 bridgehead atoms. The molecule has 2 heterocycles. The Morgan fingerprint density at radius 2 is 1.93 bits per heavy atom. The maximum Gasteiger partial charge on any atom is 0.254 e. The van der Waals surface area contributed by atoms with Crippen molar-refractivity contribution >= 4 is 5.91 Å². The molecule has 5 rings (SSSR count). The van der Waals surface area contributed by atoms with Gasteiger partial charge in [0.15, 0.2) is 0 Å². The van der Waals surface area contributed by atoms with Crippen molar-refractivity contribution in [1.82, 2.24) is 14.7 Å². The first-order valence-corrected chi connectivity index (χ1v) is 10.7. The summed E-state index contributed by atoms with van der Waals surface area (Å²) in [6.45, 7) is 2.74. The minimum Gasteiger partial charge on any atom is -0.391 e. The van der Waals surface area contributed by atoms with Gasteiger partial charge in [-0.05, 0) is 66.5 Å². The maximum atomic E-state index is 13.1. The second kappa shape index (κ2) is 7.40. The van der Waals surface area contributed by atoms with Gasteiger partial charge in [-0.15, -0.1) is 0 Å². The van der Waals surface area contributed by atoms with E-state index < -0.39 is 0 Å². The van der Waals surface area contributed by atoms with Crippen LogP contribution in [0.25, 0.3) is 11.1 Å². The summed E-state index contributed by atoms with van der Waals surface area (Å²) in [6.07, 6.45) is 6.98. The van der Waals surface area contributed by atoms with E-state index in [1.807, 2.05) is 29.0 Å². The highest BCUT2D eigenvalue weighted by atomic mass is 16.3. The number of nitrogens with zero attached hydrogens (tertiary/aromatic N) is 3. The van der Waals surface area contributed by atoms with Crippen LogP contribution in [0.2, 0.25) is 0 Å². The summed E-state index contributed by atoms with van der Waals surface area (Å²) in [4.78, 5) is 14.9. The van der Waals surface area contributed by atoms with Gasteiger partial charge < -0.3 is 10.0 Å². The predicted octanol–water partition coefficient (Wildman–Crippen LogP) is 3.86. The van der Waals surface area contributed by atoms with Crippen LogP contribution in [0.5, 0.6) is 0 Å². The van der Waals surface area contributed by atoms with Crippen LogP contribution in [0.1, 0.15) is 51.9 Å². The van der Waals surface area contributed by atoms with Crippen LogP contribution in [-0.4, -0.2) is 37.8 Å². The van der Waals surface area contributed by atoms with Gasteiger partial charge in [-0.1, -0.05) is 30.3 Å². The predicted molar refractivity (Wildman–Crippen MR) is 116 cm³/mol. The summed E-state index contributed by atoms with van der Waals surface area (Å²) in [6, 6.07) is 12.8. The molecule has 1 aliphatic carbocycles. The SMILES string of the molecule is Cc1cc2c(cc1Cc1ccc(-c3cnn(C)c3)cc1)C(=O)N(C1CCCC1O)C2. The molecular formula is C25H27N3O2. The monoisotopic (exact) mass is 401 g/mol. The molecule has 30 heavy (non-hydrogen) atoms. The number of carbonyl (C=O) groups excluding carboxylic acids is 1. The van der Waals surface area contributed by atoms with Gasteiger partial charge in [0.2, 0.25) is 0 Å². The standard InChI is InChI=1S/C25H27N3O2/c1-16-10-20-15-28(23-4-3-5-24(23)29)25(30)22(20)12-19(16)11-17-6-8-18(9-7-17)21-13-26-27(2)14-21/h6-10,12-14,23-24,29H,3-5,11,15H2,1-2H3. The largest absolute Gasteiger partial charge is 0.391 e. The van der Waals surface area contributed by atoms with Crippen LogP contribution in [0.3, 0.4) is 0 Å². The molecule has 1 saturated carbocycles. The van der Waals surface area contributed by atoms with Crippen molar-refractivity contribution in [1.29, 1.82) is 0 Å². The zero-order chi connectivity index (χ0) is 20.8. The van der Waals surface area contributed by atoms with Crippen LogP contribution in [-0.2, 0) is 20.0 Å². The number of hydrogen-bond donors (Lipinski definition) is 1. The third kappa shape index (κ3) is 3.33. The zero-order valence-electron chi connectivity index (χ0n) is 17.5. The van der Waals surface area contributed by atoms with E-state index in [1.165, 1.54) is 16.7 Å². The fraction of sp³-hybridized carbons (Fsp3) is 0.360. The first-order valence-electron chi connectivity index (χ1n) is 10.7. The summed E-state index contributed by atoms with van der Waals surface area (Å²) < 4.78 is 1.81. The Morgan fingerprint density at radius 1 is 1.13 bits per heavy atom. The van der Waals surface area contributed by atoms with Gasteiger partial charge in [0.25, 0.3) is 5.91 Å². The lowest BCUT2D eigenvalue weighted by Gasteiger charge is -2.26. The molecule has 0 spiro atoms. The number of carbonyl (C=O) groups is 1. The van der Waals surface area contributed by atoms with E-state index in [0.717, 1.165) is 47.9 Å². The van der Waals surface area contributed by atoms with Gasteiger partial charge in [0.1, 0.15) is 0 Å². The number of aliphatic hydroxyl groups excluding tert-OH is 1. The molecule has 2 unspecified atom stereocenters. The highest BCUT2D eigenvalue weighted by molar-refractivity contribution is 5.99. The third-order valence-electron chi connectivity index (χ3n) is 6.62. The summed E-state index contributed by atoms with van der Waals surface area (Å²) >= 11 is 0. The van der Waals surface area contributed by atoms with E-state index in [4.69, 9.17) is 0 Å². The second-order valence-corrected chi connectivity index (χ2v) is 8.71. The number of benzene rings is 2. The average Bonchev–Trinajstić information content (AvgIpc) is 3.43. The Kier molecular flexibility index (Phi) is 4.70.